The van der Waals surface area contributed by atoms with Crippen molar-refractivity contribution in [3.63, 3.8) is 0 Å². The zero-order valence-corrected chi connectivity index (χ0v) is 13.6. The number of anilines is 1. The summed E-state index contributed by atoms with van der Waals surface area (Å²) in [7, 11) is -3.58. The number of H-pyrrole nitrogens is 1. The van der Waals surface area contributed by atoms with Crippen molar-refractivity contribution in [1.29, 1.82) is 0 Å². The second-order valence-corrected chi connectivity index (χ2v) is 7.36. The molecule has 0 amide bonds. The highest BCUT2D eigenvalue weighted by atomic mass is 79.9. The van der Waals surface area contributed by atoms with Gasteiger partial charge in [0, 0.05) is 16.1 Å². The highest BCUT2D eigenvalue weighted by molar-refractivity contribution is 9.10. The molecule has 0 spiro atoms. The van der Waals surface area contributed by atoms with Crippen molar-refractivity contribution in [1.82, 2.24) is 4.98 Å². The van der Waals surface area contributed by atoms with Crippen molar-refractivity contribution in [2.75, 3.05) is 4.72 Å². The molecule has 0 unspecified atom stereocenters. The van der Waals surface area contributed by atoms with Crippen LogP contribution in [0.1, 0.15) is 5.56 Å². The van der Waals surface area contributed by atoms with E-state index < -0.39 is 10.0 Å². The molecule has 6 heteroatoms. The minimum absolute atomic E-state index is 0.249. The van der Waals surface area contributed by atoms with E-state index >= 15 is 0 Å². The average Bonchev–Trinajstić information content (AvgIpc) is 2.87. The van der Waals surface area contributed by atoms with Crippen molar-refractivity contribution >= 4 is 42.5 Å². The summed E-state index contributed by atoms with van der Waals surface area (Å²) < 4.78 is 28.1. The molecule has 4 nitrogen and oxygen atoms in total. The SMILES string of the molecule is Cc1ccc(S(=O)(=O)Nc2cc(Br)c3[nH]ccc3c2)cc1. The first-order valence-electron chi connectivity index (χ1n) is 6.32. The summed E-state index contributed by atoms with van der Waals surface area (Å²) >= 11 is 3.43. The van der Waals surface area contributed by atoms with Gasteiger partial charge in [0.15, 0.2) is 0 Å². The molecule has 2 aromatic carbocycles. The Balaban J connectivity index is 1.98. The third-order valence-corrected chi connectivity index (χ3v) is 5.22. The normalized spacial score (nSPS) is 11.7. The van der Waals surface area contributed by atoms with E-state index in [0.717, 1.165) is 20.9 Å². The Morgan fingerprint density at radius 1 is 1.10 bits per heavy atom. The third kappa shape index (κ3) is 2.82. The van der Waals surface area contributed by atoms with Crippen LogP contribution < -0.4 is 4.72 Å². The molecule has 108 valence electrons. The maximum Gasteiger partial charge on any atom is 0.261 e. The van der Waals surface area contributed by atoms with Crippen LogP contribution in [0.5, 0.6) is 0 Å². The summed E-state index contributed by atoms with van der Waals surface area (Å²) in [6, 6.07) is 12.2. The predicted molar refractivity (Wildman–Crippen MR) is 88.0 cm³/mol. The minimum atomic E-state index is -3.58. The Hall–Kier alpha value is -1.79. The van der Waals surface area contributed by atoms with Crippen LogP contribution in [0.3, 0.4) is 0 Å². The van der Waals surface area contributed by atoms with E-state index in [9.17, 15) is 8.42 Å². The average molecular weight is 365 g/mol. The maximum atomic E-state index is 12.4. The van der Waals surface area contributed by atoms with Crippen molar-refractivity contribution in [2.24, 2.45) is 0 Å². The number of benzene rings is 2. The molecular weight excluding hydrogens is 352 g/mol. The van der Waals surface area contributed by atoms with Crippen LogP contribution >= 0.6 is 15.9 Å². The van der Waals surface area contributed by atoms with Crippen LogP contribution in [0.2, 0.25) is 0 Å². The lowest BCUT2D eigenvalue weighted by atomic mass is 10.2. The second kappa shape index (κ2) is 5.20. The minimum Gasteiger partial charge on any atom is -0.360 e. The van der Waals surface area contributed by atoms with Gasteiger partial charge in [0.2, 0.25) is 0 Å². The number of hydrogen-bond donors (Lipinski definition) is 2. The van der Waals surface area contributed by atoms with Gasteiger partial charge in [0.05, 0.1) is 16.1 Å². The number of aromatic nitrogens is 1. The highest BCUT2D eigenvalue weighted by Gasteiger charge is 2.14. The maximum absolute atomic E-state index is 12.4. The van der Waals surface area contributed by atoms with E-state index in [1.807, 2.05) is 19.2 Å². The lowest BCUT2D eigenvalue weighted by Gasteiger charge is -2.09. The molecule has 1 heterocycles. The van der Waals surface area contributed by atoms with Gasteiger partial charge < -0.3 is 4.98 Å². The lowest BCUT2D eigenvalue weighted by Crippen LogP contribution is -2.12. The van der Waals surface area contributed by atoms with Gasteiger partial charge in [-0.1, -0.05) is 17.7 Å². The van der Waals surface area contributed by atoms with Gasteiger partial charge in [-0.15, -0.1) is 0 Å². The van der Waals surface area contributed by atoms with Crippen LogP contribution in [0.25, 0.3) is 10.9 Å². The lowest BCUT2D eigenvalue weighted by molar-refractivity contribution is 0.601. The molecular formula is C15H13BrN2O2S. The Morgan fingerprint density at radius 2 is 1.81 bits per heavy atom. The van der Waals surface area contributed by atoms with Crippen LogP contribution in [0, 0.1) is 6.92 Å². The first-order valence-corrected chi connectivity index (χ1v) is 8.59. The topological polar surface area (TPSA) is 62.0 Å². The molecule has 0 bridgehead atoms. The number of sulfonamides is 1. The summed E-state index contributed by atoms with van der Waals surface area (Å²) in [5.41, 5.74) is 2.48. The van der Waals surface area contributed by atoms with Gasteiger partial charge in [-0.05, 0) is 53.2 Å². The van der Waals surface area contributed by atoms with Gasteiger partial charge >= 0.3 is 0 Å². The number of nitrogens with one attached hydrogen (secondary N) is 2. The van der Waals surface area contributed by atoms with Gasteiger partial charge in [0.25, 0.3) is 10.0 Å². The van der Waals surface area contributed by atoms with E-state index in [0.29, 0.717) is 5.69 Å². The van der Waals surface area contributed by atoms with Crippen molar-refractivity contribution in [3.05, 3.63) is 58.7 Å². The summed E-state index contributed by atoms with van der Waals surface area (Å²) in [6.45, 7) is 1.92. The number of halogens is 1. The Labute approximate surface area is 131 Å². The fourth-order valence-electron chi connectivity index (χ4n) is 2.12. The first-order chi connectivity index (χ1) is 9.95. The zero-order chi connectivity index (χ0) is 15.0. The number of aromatic amines is 1. The number of aryl methyl sites for hydroxylation is 1. The molecule has 3 rings (SSSR count). The van der Waals surface area contributed by atoms with E-state index in [2.05, 4.69) is 25.6 Å². The first kappa shape index (κ1) is 14.2. The molecule has 0 saturated carbocycles. The summed E-state index contributed by atoms with van der Waals surface area (Å²) in [6.07, 6.45) is 1.81. The molecule has 1 aromatic heterocycles. The Kier molecular flexibility index (Phi) is 3.51. The van der Waals surface area contributed by atoms with Crippen molar-refractivity contribution < 1.29 is 8.42 Å². The van der Waals surface area contributed by atoms with Gasteiger partial charge in [0.1, 0.15) is 0 Å². The second-order valence-electron chi connectivity index (χ2n) is 4.82. The molecule has 0 saturated heterocycles. The largest absolute Gasteiger partial charge is 0.360 e. The summed E-state index contributed by atoms with van der Waals surface area (Å²) in [5, 5.41) is 0.936. The molecule has 3 aromatic rings. The smallest absolute Gasteiger partial charge is 0.261 e. The Morgan fingerprint density at radius 3 is 2.52 bits per heavy atom. The van der Waals surface area contributed by atoms with Crippen LogP contribution in [-0.2, 0) is 10.0 Å². The molecule has 0 atom stereocenters. The van der Waals surface area contributed by atoms with E-state index in [4.69, 9.17) is 0 Å². The van der Waals surface area contributed by atoms with Crippen LogP contribution in [0.15, 0.2) is 58.0 Å². The zero-order valence-electron chi connectivity index (χ0n) is 11.2. The van der Waals surface area contributed by atoms with Crippen molar-refractivity contribution in [3.8, 4) is 0 Å². The summed E-state index contributed by atoms with van der Waals surface area (Å²) in [5.74, 6) is 0. The van der Waals surface area contributed by atoms with Gasteiger partial charge in [-0.3, -0.25) is 4.72 Å². The highest BCUT2D eigenvalue weighted by Crippen LogP contribution is 2.28. The molecule has 0 aliphatic heterocycles. The van der Waals surface area contributed by atoms with Crippen LogP contribution in [0.4, 0.5) is 5.69 Å². The number of rotatable bonds is 3. The standard InChI is InChI=1S/C15H13BrN2O2S/c1-10-2-4-13(5-3-10)21(19,20)18-12-8-11-6-7-17-15(11)14(16)9-12/h2-9,17-18H,1H3. The molecule has 0 aliphatic rings. The van der Waals surface area contributed by atoms with E-state index in [1.54, 1.807) is 36.4 Å². The molecule has 21 heavy (non-hydrogen) atoms. The molecule has 0 radical (unpaired) electrons. The van der Waals surface area contributed by atoms with Gasteiger partial charge in [-0.2, -0.15) is 0 Å². The fraction of sp³-hybridized carbons (Fsp3) is 0.0667. The predicted octanol–water partition coefficient (Wildman–Crippen LogP) is 4.04. The van der Waals surface area contributed by atoms with Crippen molar-refractivity contribution in [2.45, 2.75) is 11.8 Å². The summed E-state index contributed by atoms with van der Waals surface area (Å²) in [4.78, 5) is 3.34. The third-order valence-electron chi connectivity index (χ3n) is 3.19. The van der Waals surface area contributed by atoms with E-state index in [1.165, 1.54) is 0 Å². The molecule has 0 fully saturated rings. The Bertz CT molecular complexity index is 899. The molecule has 2 N–H and O–H groups in total. The fourth-order valence-corrected chi connectivity index (χ4v) is 3.75. The monoisotopic (exact) mass is 364 g/mol. The quantitative estimate of drug-likeness (QED) is 0.736. The number of hydrogen-bond acceptors (Lipinski definition) is 2. The van der Waals surface area contributed by atoms with Crippen LogP contribution in [-0.4, -0.2) is 13.4 Å². The number of fused-ring (bicyclic) bond motifs is 1. The van der Waals surface area contributed by atoms with Gasteiger partial charge in [-0.25, -0.2) is 8.42 Å². The molecule has 0 aliphatic carbocycles. The van der Waals surface area contributed by atoms with E-state index in [-0.39, 0.29) is 4.90 Å².